The van der Waals surface area contributed by atoms with Crippen molar-refractivity contribution < 1.29 is 19.2 Å². The van der Waals surface area contributed by atoms with E-state index in [2.05, 4.69) is 56.0 Å². The van der Waals surface area contributed by atoms with Crippen molar-refractivity contribution in [2.75, 3.05) is 33.4 Å². The molecule has 1 aromatic rings. The van der Waals surface area contributed by atoms with Crippen molar-refractivity contribution in [2.45, 2.75) is 64.3 Å². The first-order valence-electron chi connectivity index (χ1n) is 11.7. The third-order valence-electron chi connectivity index (χ3n) is 7.03. The van der Waals surface area contributed by atoms with Crippen molar-refractivity contribution in [1.29, 1.82) is 0 Å². The minimum Gasteiger partial charge on any atom is -0.469 e. The first-order chi connectivity index (χ1) is 14.9. The minimum atomic E-state index is -0.581. The maximum Gasteiger partial charge on any atom is 0.311 e. The molecular formula is C25H38N2O4. The number of hydrogen-bond acceptors (Lipinski definition) is 5. The summed E-state index contributed by atoms with van der Waals surface area (Å²) in [6.07, 6.45) is 3.62. The van der Waals surface area contributed by atoms with Gasteiger partial charge in [0.2, 0.25) is 5.91 Å². The number of benzene rings is 1. The van der Waals surface area contributed by atoms with E-state index in [1.807, 2.05) is 0 Å². The Labute approximate surface area is 186 Å². The summed E-state index contributed by atoms with van der Waals surface area (Å²) in [4.78, 5) is 33.8. The van der Waals surface area contributed by atoms with Gasteiger partial charge in [-0.3, -0.25) is 14.4 Å². The van der Waals surface area contributed by atoms with E-state index in [-0.39, 0.29) is 18.3 Å². The van der Waals surface area contributed by atoms with Gasteiger partial charge in [0.15, 0.2) is 0 Å². The zero-order valence-corrected chi connectivity index (χ0v) is 19.5. The van der Waals surface area contributed by atoms with E-state index in [0.29, 0.717) is 18.4 Å². The second-order valence-electron chi connectivity index (χ2n) is 9.53. The summed E-state index contributed by atoms with van der Waals surface area (Å²) in [6, 6.07) is 10.6. The van der Waals surface area contributed by atoms with Crippen molar-refractivity contribution in [1.82, 2.24) is 9.96 Å². The van der Waals surface area contributed by atoms with Gasteiger partial charge in [-0.05, 0) is 49.6 Å². The van der Waals surface area contributed by atoms with E-state index in [1.54, 1.807) is 5.06 Å². The Morgan fingerprint density at radius 3 is 2.42 bits per heavy atom. The number of hydroxylamine groups is 2. The fraction of sp³-hybridized carbons (Fsp3) is 0.680. The van der Waals surface area contributed by atoms with Crippen molar-refractivity contribution >= 4 is 11.9 Å². The number of hydrogen-bond donors (Lipinski definition) is 0. The topological polar surface area (TPSA) is 59.1 Å². The van der Waals surface area contributed by atoms with E-state index in [9.17, 15) is 9.59 Å². The molecule has 1 aromatic carbocycles. The number of rotatable bonds is 9. The smallest absolute Gasteiger partial charge is 0.311 e. The SMILES string of the molecule is COC(=O)C1CC(=O)N(OCCC(C)C)C12CCN(CCC(C)c1ccccc1)CC2. The lowest BCUT2D eigenvalue weighted by atomic mass is 9.77. The zero-order valence-electron chi connectivity index (χ0n) is 19.5. The molecule has 2 aliphatic heterocycles. The molecule has 2 unspecified atom stereocenters. The number of piperidine rings is 1. The molecule has 6 nitrogen and oxygen atoms in total. The number of esters is 1. The first kappa shape index (κ1) is 23.7. The molecule has 172 valence electrons. The quantitative estimate of drug-likeness (QED) is 0.554. The molecular weight excluding hydrogens is 392 g/mol. The van der Waals surface area contributed by atoms with Crippen LogP contribution in [0.15, 0.2) is 30.3 Å². The molecule has 1 amide bonds. The molecule has 2 heterocycles. The lowest BCUT2D eigenvalue weighted by Gasteiger charge is -2.46. The molecule has 2 saturated heterocycles. The van der Waals surface area contributed by atoms with Gasteiger partial charge in [-0.25, -0.2) is 5.06 Å². The average Bonchev–Trinajstić information content (AvgIpc) is 3.04. The predicted molar refractivity (Wildman–Crippen MR) is 120 cm³/mol. The molecule has 0 aromatic heterocycles. The number of nitrogens with zero attached hydrogens (tertiary/aromatic N) is 2. The molecule has 2 aliphatic rings. The third-order valence-corrected chi connectivity index (χ3v) is 7.03. The van der Waals surface area contributed by atoms with Crippen LogP contribution in [0, 0.1) is 11.8 Å². The highest BCUT2D eigenvalue weighted by atomic mass is 16.7. The Morgan fingerprint density at radius 2 is 1.81 bits per heavy atom. The second-order valence-corrected chi connectivity index (χ2v) is 9.53. The van der Waals surface area contributed by atoms with E-state index in [0.717, 1.165) is 45.3 Å². The Morgan fingerprint density at radius 1 is 1.13 bits per heavy atom. The lowest BCUT2D eigenvalue weighted by Crippen LogP contribution is -2.57. The molecule has 31 heavy (non-hydrogen) atoms. The molecule has 0 aliphatic carbocycles. The van der Waals surface area contributed by atoms with Gasteiger partial charge in [0.05, 0.1) is 25.2 Å². The largest absolute Gasteiger partial charge is 0.469 e. The van der Waals surface area contributed by atoms with Crippen LogP contribution in [0.1, 0.15) is 64.4 Å². The number of amides is 1. The van der Waals surface area contributed by atoms with Crippen LogP contribution >= 0.6 is 0 Å². The second kappa shape index (κ2) is 10.6. The molecule has 6 heteroatoms. The van der Waals surface area contributed by atoms with Crippen LogP contribution in [-0.2, 0) is 19.2 Å². The van der Waals surface area contributed by atoms with Gasteiger partial charge in [-0.2, -0.15) is 0 Å². The number of carbonyl (C=O) groups excluding carboxylic acids is 2. The van der Waals surface area contributed by atoms with Crippen LogP contribution in [-0.4, -0.2) is 60.7 Å². The maximum absolute atomic E-state index is 12.8. The summed E-state index contributed by atoms with van der Waals surface area (Å²) in [5.74, 6) is 0.163. The van der Waals surface area contributed by atoms with Gasteiger partial charge in [0.25, 0.3) is 0 Å². The van der Waals surface area contributed by atoms with E-state index >= 15 is 0 Å². The summed E-state index contributed by atoms with van der Waals surface area (Å²) >= 11 is 0. The van der Waals surface area contributed by atoms with E-state index < -0.39 is 11.5 Å². The Bertz CT molecular complexity index is 728. The van der Waals surface area contributed by atoms with E-state index in [1.165, 1.54) is 12.7 Å². The van der Waals surface area contributed by atoms with Gasteiger partial charge in [-0.15, -0.1) is 0 Å². The summed E-state index contributed by atoms with van der Waals surface area (Å²) in [5, 5.41) is 1.56. The van der Waals surface area contributed by atoms with Crippen LogP contribution in [0.25, 0.3) is 0 Å². The molecule has 3 rings (SSSR count). The maximum atomic E-state index is 12.8. The van der Waals surface area contributed by atoms with Crippen LogP contribution in [0.4, 0.5) is 0 Å². The van der Waals surface area contributed by atoms with Crippen molar-refractivity contribution in [3.05, 3.63) is 35.9 Å². The van der Waals surface area contributed by atoms with Crippen molar-refractivity contribution in [2.24, 2.45) is 11.8 Å². The Kier molecular flexibility index (Phi) is 8.11. The first-order valence-corrected chi connectivity index (χ1v) is 11.7. The average molecular weight is 431 g/mol. The molecule has 1 spiro atoms. The minimum absolute atomic E-state index is 0.0923. The lowest BCUT2D eigenvalue weighted by molar-refractivity contribution is -0.224. The Hall–Kier alpha value is -1.92. The number of carbonyl (C=O) groups is 2. The molecule has 0 saturated carbocycles. The fourth-order valence-corrected chi connectivity index (χ4v) is 4.90. The van der Waals surface area contributed by atoms with Gasteiger partial charge in [0, 0.05) is 19.5 Å². The van der Waals surface area contributed by atoms with Crippen molar-refractivity contribution in [3.8, 4) is 0 Å². The third kappa shape index (κ3) is 5.47. The normalized spacial score (nSPS) is 22.3. The highest BCUT2D eigenvalue weighted by molar-refractivity contribution is 5.88. The number of likely N-dealkylation sites (tertiary alicyclic amines) is 1. The highest BCUT2D eigenvalue weighted by Crippen LogP contribution is 2.44. The standard InChI is InChI=1S/C25H38N2O4/c1-19(2)11-17-31-27-23(28)18-22(24(29)30-4)25(27)12-15-26(16-13-25)14-10-20(3)21-8-6-5-7-9-21/h5-9,19-20,22H,10-18H2,1-4H3. The molecule has 2 atom stereocenters. The number of methoxy groups -OCH3 is 1. The summed E-state index contributed by atoms with van der Waals surface area (Å²) in [6.45, 7) is 9.76. The monoisotopic (exact) mass is 430 g/mol. The molecule has 2 fully saturated rings. The van der Waals surface area contributed by atoms with Crippen LogP contribution in [0.2, 0.25) is 0 Å². The zero-order chi connectivity index (χ0) is 22.4. The van der Waals surface area contributed by atoms with Crippen LogP contribution in [0.5, 0.6) is 0 Å². The van der Waals surface area contributed by atoms with Crippen LogP contribution < -0.4 is 0 Å². The Balaban J connectivity index is 1.63. The van der Waals surface area contributed by atoms with Gasteiger partial charge >= 0.3 is 5.97 Å². The molecule has 0 N–H and O–H groups in total. The molecule has 0 radical (unpaired) electrons. The fourth-order valence-electron chi connectivity index (χ4n) is 4.90. The van der Waals surface area contributed by atoms with Crippen molar-refractivity contribution in [3.63, 3.8) is 0 Å². The summed E-state index contributed by atoms with van der Waals surface area (Å²) in [5.41, 5.74) is 0.788. The van der Waals surface area contributed by atoms with Gasteiger partial charge in [-0.1, -0.05) is 51.1 Å². The summed E-state index contributed by atoms with van der Waals surface area (Å²) < 4.78 is 5.07. The van der Waals surface area contributed by atoms with E-state index in [4.69, 9.17) is 9.57 Å². The summed E-state index contributed by atoms with van der Waals surface area (Å²) in [7, 11) is 1.41. The predicted octanol–water partition coefficient (Wildman–Crippen LogP) is 4.01. The van der Waals surface area contributed by atoms with Crippen LogP contribution in [0.3, 0.4) is 0 Å². The van der Waals surface area contributed by atoms with Gasteiger partial charge in [0.1, 0.15) is 0 Å². The highest BCUT2D eigenvalue weighted by Gasteiger charge is 2.58. The number of ether oxygens (including phenoxy) is 1. The van der Waals surface area contributed by atoms with Gasteiger partial charge < -0.3 is 9.64 Å². The molecule has 0 bridgehead atoms.